The normalized spacial score (nSPS) is 10.6. The van der Waals surface area contributed by atoms with Gasteiger partial charge in [-0.1, -0.05) is 20.8 Å². The quantitative estimate of drug-likeness (QED) is 0.676. The summed E-state index contributed by atoms with van der Waals surface area (Å²) in [5, 5.41) is 6.08. The van der Waals surface area contributed by atoms with Crippen LogP contribution in [0.5, 0.6) is 5.75 Å². The van der Waals surface area contributed by atoms with Crippen LogP contribution in [0.25, 0.3) is 0 Å². The molecule has 0 aliphatic heterocycles. The number of hydrogen-bond donors (Lipinski definition) is 2. The minimum Gasteiger partial charge on any atom is -0.482 e. The van der Waals surface area contributed by atoms with Crippen molar-refractivity contribution >= 4 is 5.91 Å². The van der Waals surface area contributed by atoms with Crippen LogP contribution in [0.4, 0.5) is 0 Å². The first-order valence-electron chi connectivity index (χ1n) is 7.17. The van der Waals surface area contributed by atoms with E-state index in [9.17, 15) is 4.79 Å². The Kier molecular flexibility index (Phi) is 7.65. The van der Waals surface area contributed by atoms with Crippen LogP contribution < -0.4 is 15.4 Å². The maximum atomic E-state index is 11.5. The van der Waals surface area contributed by atoms with E-state index in [-0.39, 0.29) is 12.5 Å². The zero-order valence-electron chi connectivity index (χ0n) is 12.6. The molecule has 1 aromatic heterocycles. The lowest BCUT2D eigenvalue weighted by molar-refractivity contribution is -0.123. The number of carbonyl (C=O) groups is 1. The van der Waals surface area contributed by atoms with Crippen molar-refractivity contribution < 1.29 is 9.53 Å². The van der Waals surface area contributed by atoms with Gasteiger partial charge in [0.2, 0.25) is 0 Å². The van der Waals surface area contributed by atoms with Gasteiger partial charge in [-0.2, -0.15) is 0 Å². The van der Waals surface area contributed by atoms with Gasteiger partial charge in [0.25, 0.3) is 5.91 Å². The highest BCUT2D eigenvalue weighted by Crippen LogP contribution is 2.08. The summed E-state index contributed by atoms with van der Waals surface area (Å²) >= 11 is 0. The third kappa shape index (κ3) is 7.09. The Morgan fingerprint density at radius 2 is 2.20 bits per heavy atom. The van der Waals surface area contributed by atoms with Crippen LogP contribution in [0.3, 0.4) is 0 Å². The van der Waals surface area contributed by atoms with E-state index < -0.39 is 0 Å². The Labute approximate surface area is 121 Å². The number of amides is 1. The summed E-state index contributed by atoms with van der Waals surface area (Å²) in [7, 11) is 0. The smallest absolute Gasteiger partial charge is 0.257 e. The SMILES string of the molecule is CCCNCc1ccc(OCC(=O)NCC(C)C)cn1. The molecule has 0 aromatic carbocycles. The fourth-order valence-corrected chi connectivity index (χ4v) is 1.51. The van der Waals surface area contributed by atoms with Crippen LogP contribution >= 0.6 is 0 Å². The molecule has 0 atom stereocenters. The lowest BCUT2D eigenvalue weighted by Crippen LogP contribution is -2.31. The van der Waals surface area contributed by atoms with Gasteiger partial charge in [0.05, 0.1) is 11.9 Å². The molecule has 1 amide bonds. The standard InChI is InChI=1S/C15H25N3O2/c1-4-7-16-9-13-5-6-14(10-17-13)20-11-15(19)18-8-12(2)3/h5-6,10,12,16H,4,7-9,11H2,1-3H3,(H,18,19). The lowest BCUT2D eigenvalue weighted by Gasteiger charge is -2.09. The van der Waals surface area contributed by atoms with Gasteiger partial charge in [-0.3, -0.25) is 9.78 Å². The first kappa shape index (κ1) is 16.4. The van der Waals surface area contributed by atoms with Gasteiger partial charge >= 0.3 is 0 Å². The molecule has 20 heavy (non-hydrogen) atoms. The van der Waals surface area contributed by atoms with Crippen molar-refractivity contribution in [3.63, 3.8) is 0 Å². The van der Waals surface area contributed by atoms with Gasteiger partial charge in [0, 0.05) is 13.1 Å². The van der Waals surface area contributed by atoms with Gasteiger partial charge < -0.3 is 15.4 Å². The second kappa shape index (κ2) is 9.31. The van der Waals surface area contributed by atoms with E-state index in [2.05, 4.69) is 36.4 Å². The zero-order chi connectivity index (χ0) is 14.8. The molecule has 0 saturated carbocycles. The summed E-state index contributed by atoms with van der Waals surface area (Å²) in [4.78, 5) is 15.8. The number of nitrogens with zero attached hydrogens (tertiary/aromatic N) is 1. The number of ether oxygens (including phenoxy) is 1. The average Bonchev–Trinajstić information content (AvgIpc) is 2.44. The molecule has 1 aromatic rings. The molecule has 5 heteroatoms. The van der Waals surface area contributed by atoms with Crippen molar-refractivity contribution in [3.8, 4) is 5.75 Å². The fourth-order valence-electron chi connectivity index (χ4n) is 1.51. The molecule has 0 aliphatic carbocycles. The molecule has 5 nitrogen and oxygen atoms in total. The Morgan fingerprint density at radius 1 is 1.40 bits per heavy atom. The van der Waals surface area contributed by atoms with Crippen molar-refractivity contribution in [1.82, 2.24) is 15.6 Å². The number of hydrogen-bond acceptors (Lipinski definition) is 4. The summed E-state index contributed by atoms with van der Waals surface area (Å²) < 4.78 is 5.39. The molecule has 0 aliphatic rings. The number of nitrogens with one attached hydrogen (secondary N) is 2. The summed E-state index contributed by atoms with van der Waals surface area (Å²) in [6, 6.07) is 3.75. The van der Waals surface area contributed by atoms with Crippen LogP contribution in [-0.2, 0) is 11.3 Å². The molecule has 112 valence electrons. The van der Waals surface area contributed by atoms with Gasteiger partial charge in [-0.15, -0.1) is 0 Å². The third-order valence-corrected chi connectivity index (χ3v) is 2.61. The van der Waals surface area contributed by atoms with Gasteiger partial charge in [0.1, 0.15) is 5.75 Å². The summed E-state index contributed by atoms with van der Waals surface area (Å²) in [6.07, 6.45) is 2.76. The predicted molar refractivity (Wildman–Crippen MR) is 79.6 cm³/mol. The van der Waals surface area contributed by atoms with Crippen molar-refractivity contribution in [2.24, 2.45) is 5.92 Å². The zero-order valence-corrected chi connectivity index (χ0v) is 12.6. The summed E-state index contributed by atoms with van der Waals surface area (Å²) in [6.45, 7) is 8.66. The van der Waals surface area contributed by atoms with Crippen molar-refractivity contribution in [1.29, 1.82) is 0 Å². The molecule has 1 rings (SSSR count). The second-order valence-electron chi connectivity index (χ2n) is 5.15. The van der Waals surface area contributed by atoms with Crippen LogP contribution in [0, 0.1) is 5.92 Å². The highest BCUT2D eigenvalue weighted by atomic mass is 16.5. The molecular formula is C15H25N3O2. The predicted octanol–water partition coefficient (Wildman–Crippen LogP) is 1.73. The van der Waals surface area contributed by atoms with E-state index in [4.69, 9.17) is 4.74 Å². The second-order valence-corrected chi connectivity index (χ2v) is 5.15. The first-order chi connectivity index (χ1) is 9.61. The topological polar surface area (TPSA) is 63.2 Å². The van der Waals surface area contributed by atoms with E-state index in [1.165, 1.54) is 0 Å². The molecule has 1 heterocycles. The largest absolute Gasteiger partial charge is 0.482 e. The van der Waals surface area contributed by atoms with E-state index >= 15 is 0 Å². The number of aromatic nitrogens is 1. The molecular weight excluding hydrogens is 254 g/mol. The van der Waals surface area contributed by atoms with Crippen molar-refractivity contribution in [2.45, 2.75) is 33.7 Å². The Bertz CT molecular complexity index is 391. The maximum absolute atomic E-state index is 11.5. The minimum atomic E-state index is -0.104. The van der Waals surface area contributed by atoms with Crippen LogP contribution in [0.1, 0.15) is 32.9 Å². The monoisotopic (exact) mass is 279 g/mol. The van der Waals surface area contributed by atoms with E-state index in [1.807, 2.05) is 12.1 Å². The van der Waals surface area contributed by atoms with Crippen LogP contribution in [-0.4, -0.2) is 30.6 Å². The molecule has 0 radical (unpaired) electrons. The lowest BCUT2D eigenvalue weighted by atomic mass is 10.2. The first-order valence-corrected chi connectivity index (χ1v) is 7.17. The van der Waals surface area contributed by atoms with Crippen molar-refractivity contribution in [2.75, 3.05) is 19.7 Å². The molecule has 0 fully saturated rings. The maximum Gasteiger partial charge on any atom is 0.257 e. The summed E-state index contributed by atoms with van der Waals surface area (Å²) in [5.74, 6) is 0.951. The van der Waals surface area contributed by atoms with Crippen molar-refractivity contribution in [3.05, 3.63) is 24.0 Å². The van der Waals surface area contributed by atoms with E-state index in [0.29, 0.717) is 18.2 Å². The molecule has 0 saturated heterocycles. The van der Waals surface area contributed by atoms with Gasteiger partial charge in [0.15, 0.2) is 6.61 Å². The highest BCUT2D eigenvalue weighted by molar-refractivity contribution is 5.77. The molecule has 0 spiro atoms. The Balaban J connectivity index is 2.28. The number of carbonyl (C=O) groups excluding carboxylic acids is 1. The van der Waals surface area contributed by atoms with E-state index in [1.54, 1.807) is 6.20 Å². The third-order valence-electron chi connectivity index (χ3n) is 2.61. The molecule has 0 bridgehead atoms. The van der Waals surface area contributed by atoms with E-state index in [0.717, 1.165) is 25.2 Å². The fraction of sp³-hybridized carbons (Fsp3) is 0.600. The molecule has 2 N–H and O–H groups in total. The van der Waals surface area contributed by atoms with Crippen LogP contribution in [0.15, 0.2) is 18.3 Å². The highest BCUT2D eigenvalue weighted by Gasteiger charge is 2.04. The van der Waals surface area contributed by atoms with Crippen LogP contribution in [0.2, 0.25) is 0 Å². The Morgan fingerprint density at radius 3 is 2.80 bits per heavy atom. The average molecular weight is 279 g/mol. The summed E-state index contributed by atoms with van der Waals surface area (Å²) in [5.41, 5.74) is 0.968. The minimum absolute atomic E-state index is 0.0296. The number of pyridine rings is 1. The molecule has 0 unspecified atom stereocenters. The van der Waals surface area contributed by atoms with Gasteiger partial charge in [-0.05, 0) is 31.0 Å². The number of rotatable bonds is 9. The van der Waals surface area contributed by atoms with Gasteiger partial charge in [-0.25, -0.2) is 0 Å². The Hall–Kier alpha value is -1.62.